The molecule has 0 aliphatic carbocycles. The lowest BCUT2D eigenvalue weighted by atomic mass is 10.2. The fraction of sp³-hybridized carbons (Fsp3) is 0.600. The quantitative estimate of drug-likeness (QED) is 0.872. The Bertz CT molecular complexity index is 440. The number of halogens is 2. The van der Waals surface area contributed by atoms with Crippen molar-refractivity contribution in [1.82, 2.24) is 5.32 Å². The number of hydrogen-bond donors (Lipinski definition) is 1. The predicted molar refractivity (Wildman–Crippen MR) is 72.9 cm³/mol. The molecule has 1 N–H and O–H groups in total. The van der Waals surface area contributed by atoms with E-state index < -0.39 is 11.6 Å². The van der Waals surface area contributed by atoms with Gasteiger partial charge in [-0.15, -0.1) is 0 Å². The summed E-state index contributed by atoms with van der Waals surface area (Å²) in [5.74, 6) is -1.89. The van der Waals surface area contributed by atoms with E-state index in [9.17, 15) is 8.78 Å². The van der Waals surface area contributed by atoms with Crippen molar-refractivity contribution in [2.45, 2.75) is 44.9 Å². The molecule has 2 atom stereocenters. The summed E-state index contributed by atoms with van der Waals surface area (Å²) in [7, 11) is 0. The van der Waals surface area contributed by atoms with Crippen LogP contribution in [-0.4, -0.2) is 31.4 Å². The van der Waals surface area contributed by atoms with E-state index in [0.717, 1.165) is 25.5 Å². The number of hydrogen-bond acceptors (Lipinski definition) is 3. The van der Waals surface area contributed by atoms with Gasteiger partial charge in [0, 0.05) is 12.6 Å². The molecule has 1 aliphatic rings. The summed E-state index contributed by atoms with van der Waals surface area (Å²) in [6.45, 7) is 5.23. The first-order chi connectivity index (χ1) is 9.56. The van der Waals surface area contributed by atoms with Crippen LogP contribution in [0, 0.1) is 11.6 Å². The molecule has 20 heavy (non-hydrogen) atoms. The van der Waals surface area contributed by atoms with Crippen LogP contribution in [0.2, 0.25) is 0 Å². The third-order valence-corrected chi connectivity index (χ3v) is 3.29. The van der Waals surface area contributed by atoms with Crippen molar-refractivity contribution in [1.29, 1.82) is 0 Å². The lowest BCUT2D eigenvalue weighted by Gasteiger charge is -2.16. The van der Waals surface area contributed by atoms with Crippen molar-refractivity contribution in [2.24, 2.45) is 0 Å². The van der Waals surface area contributed by atoms with Gasteiger partial charge < -0.3 is 14.8 Å². The summed E-state index contributed by atoms with van der Waals surface area (Å²) in [4.78, 5) is 0. The van der Waals surface area contributed by atoms with Crippen LogP contribution in [0.1, 0.15) is 26.7 Å². The van der Waals surface area contributed by atoms with Gasteiger partial charge in [-0.25, -0.2) is 4.39 Å². The molecule has 0 aromatic heterocycles. The number of nitrogens with one attached hydrogen (secondary N) is 1. The van der Waals surface area contributed by atoms with Gasteiger partial charge in [-0.2, -0.15) is 4.39 Å². The molecule has 1 aromatic carbocycles. The predicted octanol–water partition coefficient (Wildman–Crippen LogP) is 2.89. The average Bonchev–Trinajstić information content (AvgIpc) is 2.86. The highest BCUT2D eigenvalue weighted by Crippen LogP contribution is 2.23. The van der Waals surface area contributed by atoms with E-state index in [1.807, 2.05) is 0 Å². The summed E-state index contributed by atoms with van der Waals surface area (Å²) in [6, 6.07) is 4.35. The van der Waals surface area contributed by atoms with Gasteiger partial charge in [-0.05, 0) is 25.0 Å². The average molecular weight is 285 g/mol. The molecule has 1 heterocycles. The molecule has 0 bridgehead atoms. The Morgan fingerprint density at radius 2 is 2.05 bits per heavy atom. The van der Waals surface area contributed by atoms with Gasteiger partial charge >= 0.3 is 0 Å². The maximum Gasteiger partial charge on any atom is 0.200 e. The van der Waals surface area contributed by atoms with E-state index in [-0.39, 0.29) is 24.6 Å². The van der Waals surface area contributed by atoms with Gasteiger partial charge in [0.15, 0.2) is 11.6 Å². The topological polar surface area (TPSA) is 30.5 Å². The Balaban J connectivity index is 1.77. The van der Waals surface area contributed by atoms with Crippen LogP contribution in [0.25, 0.3) is 0 Å². The summed E-state index contributed by atoms with van der Waals surface area (Å²) in [5.41, 5.74) is 0. The van der Waals surface area contributed by atoms with Crippen LogP contribution in [0.4, 0.5) is 8.78 Å². The first-order valence-corrected chi connectivity index (χ1v) is 7.02. The molecule has 1 aromatic rings. The van der Waals surface area contributed by atoms with Gasteiger partial charge in [-0.1, -0.05) is 19.9 Å². The van der Waals surface area contributed by atoms with Crippen molar-refractivity contribution in [3.05, 3.63) is 29.8 Å². The summed E-state index contributed by atoms with van der Waals surface area (Å²) >= 11 is 0. The summed E-state index contributed by atoms with van der Waals surface area (Å²) in [6.07, 6.45) is 1.95. The zero-order valence-corrected chi connectivity index (χ0v) is 11.9. The van der Waals surface area contributed by atoms with Crippen molar-refractivity contribution in [3.8, 4) is 5.75 Å². The molecule has 0 radical (unpaired) electrons. The highest BCUT2D eigenvalue weighted by Gasteiger charge is 2.26. The third-order valence-electron chi connectivity index (χ3n) is 3.29. The Hall–Kier alpha value is -1.20. The minimum Gasteiger partial charge on any atom is -0.488 e. The molecule has 5 heteroatoms. The summed E-state index contributed by atoms with van der Waals surface area (Å²) < 4.78 is 37.5. The highest BCUT2D eigenvalue weighted by molar-refractivity contribution is 5.25. The minimum absolute atomic E-state index is 0.0580. The van der Waals surface area contributed by atoms with E-state index in [0.29, 0.717) is 6.04 Å². The molecule has 2 unspecified atom stereocenters. The van der Waals surface area contributed by atoms with Gasteiger partial charge in [-0.3, -0.25) is 0 Å². The van der Waals surface area contributed by atoms with Gasteiger partial charge in [0.25, 0.3) is 0 Å². The molecule has 0 amide bonds. The standard InChI is InChI=1S/C15H21F2NO2/c1-10(2)18-8-11-6-7-12(20-11)9-19-14-5-3-4-13(16)15(14)17/h3-5,10-12,18H,6-9H2,1-2H3. The molecule has 2 rings (SSSR count). The first kappa shape index (κ1) is 15.2. The van der Waals surface area contributed by atoms with Crippen molar-refractivity contribution < 1.29 is 18.3 Å². The van der Waals surface area contributed by atoms with E-state index >= 15 is 0 Å². The van der Waals surface area contributed by atoms with E-state index in [1.165, 1.54) is 12.1 Å². The fourth-order valence-corrected chi connectivity index (χ4v) is 2.20. The van der Waals surface area contributed by atoms with Crippen LogP contribution < -0.4 is 10.1 Å². The lowest BCUT2D eigenvalue weighted by molar-refractivity contribution is 0.0170. The first-order valence-electron chi connectivity index (χ1n) is 7.02. The number of rotatable bonds is 6. The monoisotopic (exact) mass is 285 g/mol. The molecule has 1 aliphatic heterocycles. The molecular weight excluding hydrogens is 264 g/mol. The second kappa shape index (κ2) is 6.99. The lowest BCUT2D eigenvalue weighted by Crippen LogP contribution is -2.32. The molecule has 1 saturated heterocycles. The zero-order chi connectivity index (χ0) is 14.5. The van der Waals surface area contributed by atoms with Crippen LogP contribution >= 0.6 is 0 Å². The molecule has 112 valence electrons. The number of benzene rings is 1. The highest BCUT2D eigenvalue weighted by atomic mass is 19.2. The van der Waals surface area contributed by atoms with Gasteiger partial charge in [0.05, 0.1) is 12.2 Å². The molecule has 1 fully saturated rings. The van der Waals surface area contributed by atoms with E-state index in [4.69, 9.17) is 9.47 Å². The summed E-state index contributed by atoms with van der Waals surface area (Å²) in [5, 5.41) is 3.32. The van der Waals surface area contributed by atoms with Gasteiger partial charge in [0.2, 0.25) is 5.82 Å². The molecular formula is C15H21F2NO2. The largest absolute Gasteiger partial charge is 0.488 e. The smallest absolute Gasteiger partial charge is 0.200 e. The zero-order valence-electron chi connectivity index (χ0n) is 11.9. The second-order valence-corrected chi connectivity index (χ2v) is 5.38. The fourth-order valence-electron chi connectivity index (χ4n) is 2.20. The Kier molecular flexibility index (Phi) is 5.31. The number of ether oxygens (including phenoxy) is 2. The maximum absolute atomic E-state index is 13.4. The Morgan fingerprint density at radius 3 is 2.80 bits per heavy atom. The SMILES string of the molecule is CC(C)NCC1CCC(COc2cccc(F)c2F)O1. The van der Waals surface area contributed by atoms with E-state index in [1.54, 1.807) is 0 Å². The third kappa shape index (κ3) is 4.15. The van der Waals surface area contributed by atoms with Crippen LogP contribution in [-0.2, 0) is 4.74 Å². The van der Waals surface area contributed by atoms with Crippen molar-refractivity contribution >= 4 is 0 Å². The van der Waals surface area contributed by atoms with Crippen LogP contribution in [0.3, 0.4) is 0 Å². The minimum atomic E-state index is -0.941. The second-order valence-electron chi connectivity index (χ2n) is 5.38. The van der Waals surface area contributed by atoms with Crippen LogP contribution in [0.5, 0.6) is 5.75 Å². The van der Waals surface area contributed by atoms with Crippen molar-refractivity contribution in [3.63, 3.8) is 0 Å². The Labute approximate surface area is 118 Å². The maximum atomic E-state index is 13.4. The van der Waals surface area contributed by atoms with E-state index in [2.05, 4.69) is 19.2 Å². The van der Waals surface area contributed by atoms with Crippen LogP contribution in [0.15, 0.2) is 18.2 Å². The molecule has 3 nitrogen and oxygen atoms in total. The van der Waals surface area contributed by atoms with Crippen molar-refractivity contribution in [2.75, 3.05) is 13.2 Å². The van der Waals surface area contributed by atoms with Gasteiger partial charge in [0.1, 0.15) is 6.61 Å². The molecule has 0 spiro atoms. The molecule has 0 saturated carbocycles. The Morgan fingerprint density at radius 1 is 1.30 bits per heavy atom. The normalized spacial score (nSPS) is 22.4.